The Bertz CT molecular complexity index is 769. The minimum Gasteiger partial charge on any atom is -0.353 e. The zero-order chi connectivity index (χ0) is 14.8. The van der Waals surface area contributed by atoms with Gasteiger partial charge in [-0.15, -0.1) is 11.3 Å². The van der Waals surface area contributed by atoms with Crippen LogP contribution in [-0.4, -0.2) is 22.0 Å². The standard InChI is InChI=1S/C14H16N6S/c1-9-4-3-5-10(16-9)8-20(2)12-11-6-7-21-13(11)18-14(17-12)19-15/h3-7H,8,15H2,1-2H3,(H,17,18,19). The van der Waals surface area contributed by atoms with E-state index in [4.69, 9.17) is 5.84 Å². The molecule has 3 N–H and O–H groups in total. The smallest absolute Gasteiger partial charge is 0.240 e. The largest absolute Gasteiger partial charge is 0.353 e. The Morgan fingerprint density at radius 1 is 1.24 bits per heavy atom. The molecule has 6 nitrogen and oxygen atoms in total. The van der Waals surface area contributed by atoms with Crippen LogP contribution in [0.25, 0.3) is 10.2 Å². The number of rotatable bonds is 4. The molecule has 3 aromatic rings. The molecule has 0 aromatic carbocycles. The van der Waals surface area contributed by atoms with Crippen LogP contribution in [0.4, 0.5) is 11.8 Å². The number of nitrogen functional groups attached to an aromatic ring is 1. The van der Waals surface area contributed by atoms with Crippen molar-refractivity contribution in [2.24, 2.45) is 5.84 Å². The predicted octanol–water partition coefficient (Wildman–Crippen LogP) is 2.32. The van der Waals surface area contributed by atoms with E-state index in [1.165, 1.54) is 0 Å². The lowest BCUT2D eigenvalue weighted by atomic mass is 10.3. The van der Waals surface area contributed by atoms with E-state index < -0.39 is 0 Å². The summed E-state index contributed by atoms with van der Waals surface area (Å²) in [5.74, 6) is 6.72. The molecule has 21 heavy (non-hydrogen) atoms. The van der Waals surface area contributed by atoms with Gasteiger partial charge in [-0.1, -0.05) is 6.07 Å². The zero-order valence-corrected chi connectivity index (χ0v) is 12.7. The molecule has 0 aliphatic carbocycles. The molecule has 0 saturated heterocycles. The fourth-order valence-electron chi connectivity index (χ4n) is 2.20. The van der Waals surface area contributed by atoms with Gasteiger partial charge in [0.25, 0.3) is 0 Å². The fourth-order valence-corrected chi connectivity index (χ4v) is 2.96. The number of aryl methyl sites for hydroxylation is 1. The summed E-state index contributed by atoms with van der Waals surface area (Å²) >= 11 is 1.57. The Labute approximate surface area is 126 Å². The van der Waals surface area contributed by atoms with Crippen LogP contribution >= 0.6 is 11.3 Å². The Hall–Kier alpha value is -2.25. The first kappa shape index (κ1) is 13.7. The topological polar surface area (TPSA) is 80.0 Å². The number of hydrazine groups is 1. The fraction of sp³-hybridized carbons (Fsp3) is 0.214. The van der Waals surface area contributed by atoms with Crippen molar-refractivity contribution in [2.45, 2.75) is 13.5 Å². The van der Waals surface area contributed by atoms with Gasteiger partial charge in [0.05, 0.1) is 17.6 Å². The number of nitrogens with two attached hydrogens (primary N) is 1. The number of pyridine rings is 1. The van der Waals surface area contributed by atoms with Crippen LogP contribution in [0.5, 0.6) is 0 Å². The summed E-state index contributed by atoms with van der Waals surface area (Å²) in [6.07, 6.45) is 0. The monoisotopic (exact) mass is 300 g/mol. The number of anilines is 2. The third-order valence-corrected chi connectivity index (χ3v) is 3.95. The van der Waals surface area contributed by atoms with Crippen LogP contribution < -0.4 is 16.2 Å². The Morgan fingerprint density at radius 2 is 2.10 bits per heavy atom. The molecule has 0 amide bonds. The molecule has 0 fully saturated rings. The van der Waals surface area contributed by atoms with Crippen LogP contribution in [-0.2, 0) is 6.54 Å². The highest BCUT2D eigenvalue weighted by molar-refractivity contribution is 7.16. The van der Waals surface area contributed by atoms with Crippen molar-refractivity contribution in [3.63, 3.8) is 0 Å². The second-order valence-electron chi connectivity index (χ2n) is 4.78. The van der Waals surface area contributed by atoms with E-state index in [1.54, 1.807) is 11.3 Å². The number of nitrogens with zero attached hydrogens (tertiary/aromatic N) is 4. The van der Waals surface area contributed by atoms with E-state index in [2.05, 4.69) is 25.3 Å². The molecule has 108 valence electrons. The maximum absolute atomic E-state index is 5.45. The van der Waals surface area contributed by atoms with Crippen LogP contribution in [0.1, 0.15) is 11.4 Å². The van der Waals surface area contributed by atoms with E-state index in [-0.39, 0.29) is 0 Å². The third kappa shape index (κ3) is 2.79. The van der Waals surface area contributed by atoms with Crippen molar-refractivity contribution in [2.75, 3.05) is 17.4 Å². The minimum atomic E-state index is 0.420. The molecular weight excluding hydrogens is 284 g/mol. The highest BCUT2D eigenvalue weighted by atomic mass is 32.1. The van der Waals surface area contributed by atoms with E-state index in [0.29, 0.717) is 12.5 Å². The molecule has 7 heteroatoms. The first-order valence-electron chi connectivity index (χ1n) is 6.53. The second-order valence-corrected chi connectivity index (χ2v) is 5.68. The predicted molar refractivity (Wildman–Crippen MR) is 86.3 cm³/mol. The van der Waals surface area contributed by atoms with Gasteiger partial charge in [0.2, 0.25) is 5.95 Å². The lowest BCUT2D eigenvalue weighted by Gasteiger charge is -2.19. The number of thiophene rings is 1. The summed E-state index contributed by atoms with van der Waals surface area (Å²) in [5, 5.41) is 3.02. The molecule has 0 radical (unpaired) electrons. The van der Waals surface area contributed by atoms with Crippen molar-refractivity contribution >= 4 is 33.3 Å². The summed E-state index contributed by atoms with van der Waals surface area (Å²) in [4.78, 5) is 16.3. The van der Waals surface area contributed by atoms with E-state index in [0.717, 1.165) is 27.4 Å². The van der Waals surface area contributed by atoms with Gasteiger partial charge in [-0.25, -0.2) is 10.8 Å². The minimum absolute atomic E-state index is 0.420. The number of fused-ring (bicyclic) bond motifs is 1. The van der Waals surface area contributed by atoms with Gasteiger partial charge in [0.1, 0.15) is 10.6 Å². The van der Waals surface area contributed by atoms with Gasteiger partial charge in [-0.3, -0.25) is 10.4 Å². The van der Waals surface area contributed by atoms with Gasteiger partial charge in [-0.2, -0.15) is 4.98 Å². The highest BCUT2D eigenvalue weighted by Crippen LogP contribution is 2.28. The maximum atomic E-state index is 5.45. The SMILES string of the molecule is Cc1cccc(CN(C)c2nc(NN)nc3sccc23)n1. The summed E-state index contributed by atoms with van der Waals surface area (Å²) < 4.78 is 0. The summed E-state index contributed by atoms with van der Waals surface area (Å²) in [7, 11) is 1.99. The van der Waals surface area contributed by atoms with Crippen molar-refractivity contribution < 1.29 is 0 Å². The Morgan fingerprint density at radius 3 is 2.86 bits per heavy atom. The second kappa shape index (κ2) is 5.63. The first-order chi connectivity index (χ1) is 10.2. The Kier molecular flexibility index (Phi) is 3.68. The van der Waals surface area contributed by atoms with Gasteiger partial charge < -0.3 is 4.90 Å². The molecule has 3 heterocycles. The first-order valence-corrected chi connectivity index (χ1v) is 7.41. The quantitative estimate of drug-likeness (QED) is 0.568. The average Bonchev–Trinajstić information content (AvgIpc) is 2.94. The molecule has 3 aromatic heterocycles. The van der Waals surface area contributed by atoms with Gasteiger partial charge in [0.15, 0.2) is 0 Å². The zero-order valence-electron chi connectivity index (χ0n) is 11.9. The number of hydrogen-bond acceptors (Lipinski definition) is 7. The average molecular weight is 300 g/mol. The van der Waals surface area contributed by atoms with E-state index in [1.807, 2.05) is 43.6 Å². The lowest BCUT2D eigenvalue weighted by Crippen LogP contribution is -2.20. The van der Waals surface area contributed by atoms with Gasteiger partial charge >= 0.3 is 0 Å². The lowest BCUT2D eigenvalue weighted by molar-refractivity contribution is 0.862. The number of hydrogen-bond donors (Lipinski definition) is 2. The van der Waals surface area contributed by atoms with Crippen molar-refractivity contribution in [1.82, 2.24) is 15.0 Å². The molecule has 0 saturated carbocycles. The van der Waals surface area contributed by atoms with Crippen molar-refractivity contribution in [1.29, 1.82) is 0 Å². The van der Waals surface area contributed by atoms with Crippen molar-refractivity contribution in [3.8, 4) is 0 Å². The van der Waals surface area contributed by atoms with Crippen LogP contribution in [0.2, 0.25) is 0 Å². The molecule has 3 rings (SSSR count). The van der Waals surface area contributed by atoms with Crippen molar-refractivity contribution in [3.05, 3.63) is 41.0 Å². The van der Waals surface area contributed by atoms with Crippen LogP contribution in [0, 0.1) is 6.92 Å². The molecule has 0 unspecified atom stereocenters. The normalized spacial score (nSPS) is 10.8. The van der Waals surface area contributed by atoms with Crippen LogP contribution in [0.3, 0.4) is 0 Å². The molecular formula is C14H16N6S. The summed E-state index contributed by atoms with van der Waals surface area (Å²) in [6.45, 7) is 2.66. The third-order valence-electron chi connectivity index (χ3n) is 3.14. The highest BCUT2D eigenvalue weighted by Gasteiger charge is 2.13. The number of nitrogens with one attached hydrogen (secondary N) is 1. The summed E-state index contributed by atoms with van der Waals surface area (Å²) in [5.41, 5.74) is 4.53. The number of aromatic nitrogens is 3. The molecule has 0 spiro atoms. The molecule has 0 aliphatic rings. The van der Waals surface area contributed by atoms with Crippen LogP contribution in [0.15, 0.2) is 29.6 Å². The van der Waals surface area contributed by atoms with E-state index >= 15 is 0 Å². The Balaban J connectivity index is 1.97. The van der Waals surface area contributed by atoms with Gasteiger partial charge in [0, 0.05) is 12.7 Å². The molecule has 0 atom stereocenters. The van der Waals surface area contributed by atoms with Gasteiger partial charge in [-0.05, 0) is 30.5 Å². The maximum Gasteiger partial charge on any atom is 0.240 e. The molecule has 0 aliphatic heterocycles. The molecule has 0 bridgehead atoms. The summed E-state index contributed by atoms with van der Waals surface area (Å²) in [6, 6.07) is 8.04. The van der Waals surface area contributed by atoms with E-state index in [9.17, 15) is 0 Å².